The van der Waals surface area contributed by atoms with Crippen LogP contribution in [0.4, 0.5) is 4.39 Å². The SMILES string of the molecule is Cc1ccc(Oc2cncc(Br)c2C)cc1F. The fourth-order valence-corrected chi connectivity index (χ4v) is 1.66. The maximum atomic E-state index is 13.4. The third-order valence-corrected chi connectivity index (χ3v) is 3.28. The number of ether oxygens (including phenoxy) is 1. The van der Waals surface area contributed by atoms with Gasteiger partial charge >= 0.3 is 0 Å². The molecule has 2 aromatic rings. The highest BCUT2D eigenvalue weighted by molar-refractivity contribution is 9.10. The molecule has 0 radical (unpaired) electrons. The lowest BCUT2D eigenvalue weighted by atomic mass is 10.2. The molecule has 0 bridgehead atoms. The normalized spacial score (nSPS) is 10.4. The molecule has 0 atom stereocenters. The first kappa shape index (κ1) is 12.0. The lowest BCUT2D eigenvalue weighted by molar-refractivity contribution is 0.469. The van der Waals surface area contributed by atoms with Gasteiger partial charge in [-0.15, -0.1) is 0 Å². The predicted molar refractivity (Wildman–Crippen MR) is 67.9 cm³/mol. The second-order valence-corrected chi connectivity index (χ2v) is 4.61. The van der Waals surface area contributed by atoms with Crippen molar-refractivity contribution < 1.29 is 9.13 Å². The smallest absolute Gasteiger partial charge is 0.149 e. The van der Waals surface area contributed by atoms with Crippen LogP contribution in [-0.2, 0) is 0 Å². The Morgan fingerprint density at radius 1 is 1.24 bits per heavy atom. The van der Waals surface area contributed by atoms with Crippen LogP contribution in [0, 0.1) is 19.7 Å². The molecule has 0 N–H and O–H groups in total. The number of aryl methyl sites for hydroxylation is 1. The second-order valence-electron chi connectivity index (χ2n) is 3.76. The van der Waals surface area contributed by atoms with Crippen LogP contribution >= 0.6 is 15.9 Å². The molecule has 1 aromatic carbocycles. The van der Waals surface area contributed by atoms with Crippen molar-refractivity contribution in [3.05, 3.63) is 52.0 Å². The van der Waals surface area contributed by atoms with Crippen molar-refractivity contribution in [3.8, 4) is 11.5 Å². The highest BCUT2D eigenvalue weighted by Crippen LogP contribution is 2.29. The summed E-state index contributed by atoms with van der Waals surface area (Å²) in [7, 11) is 0. The van der Waals surface area contributed by atoms with Crippen LogP contribution in [0.5, 0.6) is 11.5 Å². The Hall–Kier alpha value is -1.42. The Bertz CT molecular complexity index is 557. The summed E-state index contributed by atoms with van der Waals surface area (Å²) in [6.07, 6.45) is 3.30. The third-order valence-electron chi connectivity index (χ3n) is 2.48. The number of nitrogens with zero attached hydrogens (tertiary/aromatic N) is 1. The molecule has 17 heavy (non-hydrogen) atoms. The summed E-state index contributed by atoms with van der Waals surface area (Å²) in [5.74, 6) is 0.807. The highest BCUT2D eigenvalue weighted by atomic mass is 79.9. The van der Waals surface area contributed by atoms with Crippen LogP contribution in [-0.4, -0.2) is 4.98 Å². The van der Waals surface area contributed by atoms with E-state index >= 15 is 0 Å². The lowest BCUT2D eigenvalue weighted by Gasteiger charge is -2.09. The Morgan fingerprint density at radius 3 is 2.71 bits per heavy atom. The number of rotatable bonds is 2. The number of aromatic nitrogens is 1. The first-order valence-electron chi connectivity index (χ1n) is 5.12. The molecule has 88 valence electrons. The molecule has 4 heteroatoms. The van der Waals surface area contributed by atoms with E-state index in [1.165, 1.54) is 6.07 Å². The molecule has 0 aliphatic carbocycles. The van der Waals surface area contributed by atoms with E-state index < -0.39 is 0 Å². The van der Waals surface area contributed by atoms with Crippen molar-refractivity contribution in [2.45, 2.75) is 13.8 Å². The minimum atomic E-state index is -0.275. The minimum Gasteiger partial charge on any atom is -0.455 e. The Labute approximate surface area is 108 Å². The minimum absolute atomic E-state index is 0.275. The molecule has 0 amide bonds. The third kappa shape index (κ3) is 2.64. The van der Waals surface area contributed by atoms with Crippen LogP contribution in [0.15, 0.2) is 35.1 Å². The van der Waals surface area contributed by atoms with E-state index in [-0.39, 0.29) is 5.82 Å². The van der Waals surface area contributed by atoms with Gasteiger partial charge in [0.25, 0.3) is 0 Å². The zero-order chi connectivity index (χ0) is 12.4. The number of hydrogen-bond donors (Lipinski definition) is 0. The average Bonchev–Trinajstić information content (AvgIpc) is 2.30. The molecular weight excluding hydrogens is 285 g/mol. The Balaban J connectivity index is 2.31. The van der Waals surface area contributed by atoms with Gasteiger partial charge in [0, 0.05) is 22.3 Å². The van der Waals surface area contributed by atoms with Gasteiger partial charge in [0.15, 0.2) is 0 Å². The predicted octanol–water partition coefficient (Wildman–Crippen LogP) is 4.39. The highest BCUT2D eigenvalue weighted by Gasteiger charge is 2.06. The van der Waals surface area contributed by atoms with E-state index in [2.05, 4.69) is 20.9 Å². The molecule has 2 nitrogen and oxygen atoms in total. The Morgan fingerprint density at radius 2 is 2.00 bits per heavy atom. The zero-order valence-corrected chi connectivity index (χ0v) is 11.1. The summed E-state index contributed by atoms with van der Waals surface area (Å²) in [6, 6.07) is 4.79. The van der Waals surface area contributed by atoms with Crippen molar-refractivity contribution >= 4 is 15.9 Å². The molecule has 0 saturated carbocycles. The lowest BCUT2D eigenvalue weighted by Crippen LogP contribution is -1.91. The largest absolute Gasteiger partial charge is 0.455 e. The first-order chi connectivity index (χ1) is 8.08. The molecule has 0 aliphatic heterocycles. The fourth-order valence-electron chi connectivity index (χ4n) is 1.35. The summed E-state index contributed by atoms with van der Waals surface area (Å²) >= 11 is 3.37. The molecule has 0 unspecified atom stereocenters. The van der Waals surface area contributed by atoms with Crippen molar-refractivity contribution in [1.29, 1.82) is 0 Å². The Kier molecular flexibility index (Phi) is 3.43. The van der Waals surface area contributed by atoms with Gasteiger partial charge in [-0.2, -0.15) is 0 Å². The van der Waals surface area contributed by atoms with Gasteiger partial charge in [0.05, 0.1) is 6.20 Å². The number of halogens is 2. The second kappa shape index (κ2) is 4.84. The number of hydrogen-bond acceptors (Lipinski definition) is 2. The van der Waals surface area contributed by atoms with E-state index in [1.807, 2.05) is 6.92 Å². The maximum Gasteiger partial charge on any atom is 0.149 e. The van der Waals surface area contributed by atoms with Gasteiger partial charge in [-0.1, -0.05) is 6.07 Å². The van der Waals surface area contributed by atoms with Gasteiger partial charge in [0.1, 0.15) is 17.3 Å². The molecule has 0 fully saturated rings. The molecule has 2 rings (SSSR count). The van der Waals surface area contributed by atoms with Crippen LogP contribution < -0.4 is 4.74 Å². The topological polar surface area (TPSA) is 22.1 Å². The molecule has 1 aromatic heterocycles. The van der Waals surface area contributed by atoms with Gasteiger partial charge in [0.2, 0.25) is 0 Å². The number of pyridine rings is 1. The van der Waals surface area contributed by atoms with Gasteiger partial charge in [-0.25, -0.2) is 4.39 Å². The van der Waals surface area contributed by atoms with Crippen LogP contribution in [0.1, 0.15) is 11.1 Å². The van der Waals surface area contributed by atoms with Crippen LogP contribution in [0.2, 0.25) is 0 Å². The monoisotopic (exact) mass is 295 g/mol. The van der Waals surface area contributed by atoms with E-state index in [4.69, 9.17) is 4.74 Å². The summed E-state index contributed by atoms with van der Waals surface area (Å²) in [5, 5.41) is 0. The zero-order valence-electron chi connectivity index (χ0n) is 9.50. The summed E-state index contributed by atoms with van der Waals surface area (Å²) in [5.41, 5.74) is 1.53. The molecule has 1 heterocycles. The maximum absolute atomic E-state index is 13.4. The van der Waals surface area contributed by atoms with Gasteiger partial charge in [-0.05, 0) is 41.4 Å². The van der Waals surface area contributed by atoms with Gasteiger partial charge < -0.3 is 4.74 Å². The van der Waals surface area contributed by atoms with Gasteiger partial charge in [-0.3, -0.25) is 4.98 Å². The molecule has 0 aliphatic rings. The van der Waals surface area contributed by atoms with Crippen LogP contribution in [0.3, 0.4) is 0 Å². The summed E-state index contributed by atoms with van der Waals surface area (Å²) in [6.45, 7) is 3.62. The van der Waals surface area contributed by atoms with Crippen molar-refractivity contribution in [1.82, 2.24) is 4.98 Å². The standard InChI is InChI=1S/C13H11BrFNO/c1-8-3-4-10(5-12(8)15)17-13-7-16-6-11(14)9(13)2/h3-7H,1-2H3. The molecule has 0 saturated heterocycles. The van der Waals surface area contributed by atoms with E-state index in [0.717, 1.165) is 10.0 Å². The fraction of sp³-hybridized carbons (Fsp3) is 0.154. The number of benzene rings is 1. The molecule has 0 spiro atoms. The molecular formula is C13H11BrFNO. The van der Waals surface area contributed by atoms with E-state index in [0.29, 0.717) is 17.1 Å². The van der Waals surface area contributed by atoms with Crippen LogP contribution in [0.25, 0.3) is 0 Å². The van der Waals surface area contributed by atoms with Crippen molar-refractivity contribution in [3.63, 3.8) is 0 Å². The quantitative estimate of drug-likeness (QED) is 0.820. The van der Waals surface area contributed by atoms with Crippen molar-refractivity contribution in [2.24, 2.45) is 0 Å². The van der Waals surface area contributed by atoms with Crippen molar-refractivity contribution in [2.75, 3.05) is 0 Å². The average molecular weight is 296 g/mol. The van der Waals surface area contributed by atoms with E-state index in [1.54, 1.807) is 31.5 Å². The summed E-state index contributed by atoms with van der Waals surface area (Å²) < 4.78 is 19.8. The van der Waals surface area contributed by atoms with E-state index in [9.17, 15) is 4.39 Å². The summed E-state index contributed by atoms with van der Waals surface area (Å²) in [4.78, 5) is 4.02. The first-order valence-corrected chi connectivity index (χ1v) is 5.91.